The third-order valence-corrected chi connectivity index (χ3v) is 5.31. The summed E-state index contributed by atoms with van der Waals surface area (Å²) in [6.45, 7) is 1.31. The van der Waals surface area contributed by atoms with Gasteiger partial charge in [-0.3, -0.25) is 9.59 Å². The second kappa shape index (κ2) is 5.96. The van der Waals surface area contributed by atoms with Crippen LogP contribution in [-0.2, 0) is 4.79 Å². The van der Waals surface area contributed by atoms with Gasteiger partial charge in [0.25, 0.3) is 5.91 Å². The number of carboxylic acid groups (broad SMARTS) is 1. The standard InChI is InChI=1S/C18H24N2O3/c1-19(2)11-12-20-16(21)14-8-4-3-7-13(14)15(17(22)23)18(20)9-5-6-10-18/h3-4,7-8,15H,5-6,9-12H2,1-2H3,(H,22,23). The molecule has 1 unspecified atom stereocenters. The SMILES string of the molecule is CN(C)CCN1C(=O)c2ccccc2C(C(=O)O)C12CCCC2. The van der Waals surface area contributed by atoms with Crippen molar-refractivity contribution in [2.24, 2.45) is 0 Å². The van der Waals surface area contributed by atoms with E-state index in [1.54, 1.807) is 6.07 Å². The van der Waals surface area contributed by atoms with E-state index in [1.807, 2.05) is 42.1 Å². The van der Waals surface area contributed by atoms with Gasteiger partial charge in [0.05, 0.1) is 5.54 Å². The zero-order valence-corrected chi connectivity index (χ0v) is 13.8. The molecule has 5 nitrogen and oxygen atoms in total. The molecule has 1 spiro atoms. The number of nitrogens with zero attached hydrogens (tertiary/aromatic N) is 2. The Labute approximate surface area is 136 Å². The zero-order valence-electron chi connectivity index (χ0n) is 13.8. The lowest BCUT2D eigenvalue weighted by Gasteiger charge is -2.49. The Morgan fingerprint density at radius 1 is 1.30 bits per heavy atom. The fraction of sp³-hybridized carbons (Fsp3) is 0.556. The number of carbonyl (C=O) groups is 2. The number of hydrogen-bond donors (Lipinski definition) is 1. The number of likely N-dealkylation sites (N-methyl/N-ethyl adjacent to an activating group) is 1. The van der Waals surface area contributed by atoms with Gasteiger partial charge in [-0.2, -0.15) is 0 Å². The second-order valence-corrected chi connectivity index (χ2v) is 6.93. The highest BCUT2D eigenvalue weighted by Crippen LogP contribution is 2.50. The van der Waals surface area contributed by atoms with Gasteiger partial charge in [0, 0.05) is 18.7 Å². The molecule has 23 heavy (non-hydrogen) atoms. The fourth-order valence-corrected chi connectivity index (χ4v) is 4.27. The number of aliphatic carboxylic acids is 1. The normalized spacial score (nSPS) is 22.7. The molecule has 1 N–H and O–H groups in total. The zero-order chi connectivity index (χ0) is 16.6. The Morgan fingerprint density at radius 2 is 1.96 bits per heavy atom. The van der Waals surface area contributed by atoms with Gasteiger partial charge in [0.2, 0.25) is 0 Å². The summed E-state index contributed by atoms with van der Waals surface area (Å²) in [4.78, 5) is 29.1. The van der Waals surface area contributed by atoms with E-state index in [1.165, 1.54) is 0 Å². The van der Waals surface area contributed by atoms with Crippen molar-refractivity contribution < 1.29 is 14.7 Å². The van der Waals surface area contributed by atoms with Crippen LogP contribution in [-0.4, -0.2) is 59.5 Å². The van der Waals surface area contributed by atoms with E-state index in [-0.39, 0.29) is 5.91 Å². The number of amides is 1. The van der Waals surface area contributed by atoms with Crippen LogP contribution >= 0.6 is 0 Å². The van der Waals surface area contributed by atoms with Crippen LogP contribution in [0.15, 0.2) is 24.3 Å². The molecule has 3 rings (SSSR count). The van der Waals surface area contributed by atoms with Crippen molar-refractivity contribution in [3.63, 3.8) is 0 Å². The van der Waals surface area contributed by atoms with Crippen LogP contribution in [0.3, 0.4) is 0 Å². The van der Waals surface area contributed by atoms with Crippen molar-refractivity contribution in [2.45, 2.75) is 37.1 Å². The summed E-state index contributed by atoms with van der Waals surface area (Å²) >= 11 is 0. The van der Waals surface area contributed by atoms with E-state index in [0.29, 0.717) is 17.7 Å². The molecule has 1 aromatic rings. The van der Waals surface area contributed by atoms with Gasteiger partial charge < -0.3 is 14.9 Å². The average molecular weight is 316 g/mol. The smallest absolute Gasteiger partial charge is 0.313 e. The summed E-state index contributed by atoms with van der Waals surface area (Å²) in [5, 5.41) is 9.94. The molecule has 1 aromatic carbocycles. The van der Waals surface area contributed by atoms with Gasteiger partial charge >= 0.3 is 5.97 Å². The molecule has 1 fully saturated rings. The Balaban J connectivity index is 2.11. The van der Waals surface area contributed by atoms with Crippen LogP contribution in [0, 0.1) is 0 Å². The van der Waals surface area contributed by atoms with E-state index < -0.39 is 17.4 Å². The van der Waals surface area contributed by atoms with Crippen LogP contribution in [0.5, 0.6) is 0 Å². The third kappa shape index (κ3) is 2.53. The molecule has 0 radical (unpaired) electrons. The van der Waals surface area contributed by atoms with Gasteiger partial charge in [0.1, 0.15) is 5.92 Å². The molecule has 1 heterocycles. The Morgan fingerprint density at radius 3 is 2.57 bits per heavy atom. The van der Waals surface area contributed by atoms with E-state index in [9.17, 15) is 14.7 Å². The number of carbonyl (C=O) groups excluding carboxylic acids is 1. The van der Waals surface area contributed by atoms with Gasteiger partial charge in [-0.1, -0.05) is 31.0 Å². The highest BCUT2D eigenvalue weighted by molar-refractivity contribution is 6.01. The minimum absolute atomic E-state index is 0.0122. The molecule has 1 saturated carbocycles. The first kappa shape index (κ1) is 16.0. The molecule has 2 aliphatic rings. The number of hydrogen-bond acceptors (Lipinski definition) is 3. The fourth-order valence-electron chi connectivity index (χ4n) is 4.27. The maximum atomic E-state index is 13.1. The van der Waals surface area contributed by atoms with Crippen molar-refractivity contribution in [3.05, 3.63) is 35.4 Å². The third-order valence-electron chi connectivity index (χ3n) is 5.31. The summed E-state index contributed by atoms with van der Waals surface area (Å²) in [5.74, 6) is -1.45. The first-order valence-corrected chi connectivity index (χ1v) is 8.26. The van der Waals surface area contributed by atoms with Crippen LogP contribution in [0.25, 0.3) is 0 Å². The minimum atomic E-state index is -0.818. The Hall–Kier alpha value is -1.88. The Kier molecular flexibility index (Phi) is 4.15. The number of fused-ring (bicyclic) bond motifs is 1. The Bertz CT molecular complexity index is 620. The number of rotatable bonds is 4. The van der Waals surface area contributed by atoms with Crippen LogP contribution in [0.2, 0.25) is 0 Å². The lowest BCUT2D eigenvalue weighted by atomic mass is 9.71. The lowest BCUT2D eigenvalue weighted by Crippen LogP contribution is -2.60. The summed E-state index contributed by atoms with van der Waals surface area (Å²) in [6, 6.07) is 7.22. The predicted octanol–water partition coefficient (Wildman–Crippen LogP) is 2.18. The highest BCUT2D eigenvalue weighted by atomic mass is 16.4. The largest absolute Gasteiger partial charge is 0.481 e. The topological polar surface area (TPSA) is 60.9 Å². The summed E-state index contributed by atoms with van der Waals surface area (Å²) in [6.07, 6.45) is 3.52. The van der Waals surface area contributed by atoms with Gasteiger partial charge in [0.15, 0.2) is 0 Å². The van der Waals surface area contributed by atoms with Gasteiger partial charge in [-0.15, -0.1) is 0 Å². The van der Waals surface area contributed by atoms with Crippen LogP contribution in [0.4, 0.5) is 0 Å². The van der Waals surface area contributed by atoms with E-state index in [4.69, 9.17) is 0 Å². The lowest BCUT2D eigenvalue weighted by molar-refractivity contribution is -0.143. The molecule has 1 aliphatic carbocycles. The molecule has 1 amide bonds. The molecule has 1 aliphatic heterocycles. The predicted molar refractivity (Wildman–Crippen MR) is 87.6 cm³/mol. The van der Waals surface area contributed by atoms with E-state index in [2.05, 4.69) is 0 Å². The van der Waals surface area contributed by atoms with Crippen LogP contribution in [0.1, 0.15) is 47.5 Å². The van der Waals surface area contributed by atoms with Crippen molar-refractivity contribution in [3.8, 4) is 0 Å². The molecule has 0 aromatic heterocycles. The number of carboxylic acids is 1. The van der Waals surface area contributed by atoms with Crippen LogP contribution < -0.4 is 0 Å². The summed E-state index contributed by atoms with van der Waals surface area (Å²) in [7, 11) is 3.94. The van der Waals surface area contributed by atoms with Crippen molar-refractivity contribution in [1.82, 2.24) is 9.80 Å². The van der Waals surface area contributed by atoms with E-state index in [0.717, 1.165) is 32.2 Å². The van der Waals surface area contributed by atoms with Gasteiger partial charge in [-0.05, 0) is 38.6 Å². The maximum Gasteiger partial charge on any atom is 0.313 e. The summed E-state index contributed by atoms with van der Waals surface area (Å²) < 4.78 is 0. The maximum absolute atomic E-state index is 13.1. The molecule has 1 atom stereocenters. The van der Waals surface area contributed by atoms with E-state index >= 15 is 0 Å². The molecular formula is C18H24N2O3. The van der Waals surface area contributed by atoms with Crippen molar-refractivity contribution >= 4 is 11.9 Å². The second-order valence-electron chi connectivity index (χ2n) is 6.93. The minimum Gasteiger partial charge on any atom is -0.481 e. The monoisotopic (exact) mass is 316 g/mol. The molecule has 0 bridgehead atoms. The molecular weight excluding hydrogens is 292 g/mol. The molecule has 5 heteroatoms. The first-order valence-electron chi connectivity index (χ1n) is 8.26. The summed E-state index contributed by atoms with van der Waals surface area (Å²) in [5.41, 5.74) is 0.678. The molecule has 124 valence electrons. The quantitative estimate of drug-likeness (QED) is 0.925. The highest BCUT2D eigenvalue weighted by Gasteiger charge is 2.55. The average Bonchev–Trinajstić information content (AvgIpc) is 2.96. The van der Waals surface area contributed by atoms with Crippen molar-refractivity contribution in [2.75, 3.05) is 27.2 Å². The molecule has 0 saturated heterocycles. The number of benzene rings is 1. The van der Waals surface area contributed by atoms with Gasteiger partial charge in [-0.25, -0.2) is 0 Å². The van der Waals surface area contributed by atoms with Crippen molar-refractivity contribution in [1.29, 1.82) is 0 Å². The first-order chi connectivity index (χ1) is 11.0.